The summed E-state index contributed by atoms with van der Waals surface area (Å²) in [7, 11) is 0. The zero-order valence-electron chi connectivity index (χ0n) is 12.1. The van der Waals surface area contributed by atoms with Crippen LogP contribution in [-0.2, 0) is 9.53 Å². The Kier molecular flexibility index (Phi) is 3.87. The van der Waals surface area contributed by atoms with E-state index in [0.717, 1.165) is 35.1 Å². The molecule has 0 saturated heterocycles. The van der Waals surface area contributed by atoms with Gasteiger partial charge in [0.1, 0.15) is 0 Å². The molecule has 21 heavy (non-hydrogen) atoms. The van der Waals surface area contributed by atoms with Crippen LogP contribution in [0.15, 0.2) is 66.2 Å². The summed E-state index contributed by atoms with van der Waals surface area (Å²) in [5.41, 5.74) is 3.93. The summed E-state index contributed by atoms with van der Waals surface area (Å²) in [5.74, 6) is -0.176. The van der Waals surface area contributed by atoms with E-state index in [2.05, 4.69) is 6.92 Å². The molecular weight excluding hydrogens is 260 g/mol. The van der Waals surface area contributed by atoms with Gasteiger partial charge in [0.05, 0.1) is 0 Å². The first-order valence-corrected chi connectivity index (χ1v) is 7.35. The Morgan fingerprint density at radius 3 is 2.19 bits per heavy atom. The lowest BCUT2D eigenvalue weighted by Crippen LogP contribution is -2.03. The number of hydrogen-bond donors (Lipinski definition) is 0. The van der Waals surface area contributed by atoms with Crippen molar-refractivity contribution in [2.75, 3.05) is 0 Å². The van der Waals surface area contributed by atoms with Gasteiger partial charge in [0.2, 0.25) is 0 Å². The molecular formula is C19H18O2. The lowest BCUT2D eigenvalue weighted by Gasteiger charge is -2.15. The van der Waals surface area contributed by atoms with Crippen LogP contribution in [0.1, 0.15) is 37.0 Å². The largest absolute Gasteiger partial charge is 0.449 e. The van der Waals surface area contributed by atoms with E-state index in [1.54, 1.807) is 0 Å². The summed E-state index contributed by atoms with van der Waals surface area (Å²) in [6, 6.07) is 20.0. The predicted molar refractivity (Wildman–Crippen MR) is 83.5 cm³/mol. The summed E-state index contributed by atoms with van der Waals surface area (Å²) < 4.78 is 5.67. The molecule has 0 saturated carbocycles. The average molecular weight is 278 g/mol. The van der Waals surface area contributed by atoms with Crippen LogP contribution < -0.4 is 0 Å². The average Bonchev–Trinajstić information content (AvgIpc) is 2.86. The van der Waals surface area contributed by atoms with Gasteiger partial charge < -0.3 is 4.74 Å². The van der Waals surface area contributed by atoms with Gasteiger partial charge in [-0.05, 0) is 17.5 Å². The third kappa shape index (κ3) is 2.62. The van der Waals surface area contributed by atoms with Crippen LogP contribution >= 0.6 is 0 Å². The maximum Gasteiger partial charge on any atom is 0.335 e. The summed E-state index contributed by atoms with van der Waals surface area (Å²) in [6.45, 7) is 2.08. The van der Waals surface area contributed by atoms with Crippen molar-refractivity contribution in [3.05, 3.63) is 77.4 Å². The number of ether oxygens (including phenoxy) is 1. The molecule has 0 amide bonds. The lowest BCUT2D eigenvalue weighted by atomic mass is 9.91. The quantitative estimate of drug-likeness (QED) is 0.768. The molecule has 0 radical (unpaired) electrons. The first kappa shape index (κ1) is 13.6. The van der Waals surface area contributed by atoms with Crippen molar-refractivity contribution in [1.29, 1.82) is 0 Å². The second-order valence-corrected chi connectivity index (χ2v) is 5.20. The zero-order valence-corrected chi connectivity index (χ0v) is 12.1. The van der Waals surface area contributed by atoms with Gasteiger partial charge in [-0.1, -0.05) is 74.0 Å². The van der Waals surface area contributed by atoms with Gasteiger partial charge in [0, 0.05) is 11.1 Å². The molecule has 1 aliphatic heterocycles. The minimum absolute atomic E-state index is 0.176. The Labute approximate surface area is 125 Å². The topological polar surface area (TPSA) is 26.3 Å². The molecule has 0 aliphatic carbocycles. The number of rotatable bonds is 4. The van der Waals surface area contributed by atoms with Crippen LogP contribution in [-0.4, -0.2) is 5.97 Å². The van der Waals surface area contributed by atoms with Gasteiger partial charge in [-0.25, -0.2) is 4.79 Å². The molecule has 1 unspecified atom stereocenters. The fourth-order valence-corrected chi connectivity index (χ4v) is 2.80. The van der Waals surface area contributed by atoms with E-state index in [1.165, 1.54) is 0 Å². The summed E-state index contributed by atoms with van der Waals surface area (Å²) in [5, 5.41) is 0. The van der Waals surface area contributed by atoms with Crippen LogP contribution in [0.5, 0.6) is 0 Å². The van der Waals surface area contributed by atoms with Gasteiger partial charge in [-0.15, -0.1) is 0 Å². The molecule has 2 aromatic carbocycles. The third-order valence-corrected chi connectivity index (χ3v) is 3.75. The van der Waals surface area contributed by atoms with Crippen molar-refractivity contribution in [1.82, 2.24) is 0 Å². The lowest BCUT2D eigenvalue weighted by molar-refractivity contribution is -0.139. The molecule has 1 atom stereocenters. The number of hydrogen-bond acceptors (Lipinski definition) is 2. The smallest absolute Gasteiger partial charge is 0.335 e. The van der Waals surface area contributed by atoms with E-state index in [9.17, 15) is 4.79 Å². The van der Waals surface area contributed by atoms with Gasteiger partial charge in [0.15, 0.2) is 6.10 Å². The molecule has 0 fully saturated rings. The van der Waals surface area contributed by atoms with Gasteiger partial charge in [-0.3, -0.25) is 0 Å². The van der Waals surface area contributed by atoms with E-state index in [-0.39, 0.29) is 12.1 Å². The van der Waals surface area contributed by atoms with Crippen molar-refractivity contribution >= 4 is 11.5 Å². The first-order valence-electron chi connectivity index (χ1n) is 7.35. The molecule has 3 rings (SSSR count). The van der Waals surface area contributed by atoms with Crippen LogP contribution in [0.2, 0.25) is 0 Å². The van der Waals surface area contributed by atoms with Crippen LogP contribution in [0.4, 0.5) is 0 Å². The molecule has 0 N–H and O–H groups in total. The Bertz CT molecular complexity index is 656. The Morgan fingerprint density at radius 2 is 1.57 bits per heavy atom. The minimum atomic E-state index is -0.289. The van der Waals surface area contributed by atoms with Gasteiger partial charge in [0.25, 0.3) is 0 Å². The maximum absolute atomic E-state index is 12.3. The molecule has 0 spiro atoms. The standard InChI is InChI=1S/C19H18O2/c1-2-9-16-17(14-10-5-3-6-11-14)18(21-19(16)20)15-12-7-4-8-13-15/h3-8,10-13,18H,2,9H2,1H3. The maximum atomic E-state index is 12.3. The minimum Gasteiger partial charge on any atom is -0.449 e. The molecule has 0 bridgehead atoms. The molecule has 0 aromatic heterocycles. The van der Waals surface area contributed by atoms with Crippen LogP contribution in [0, 0.1) is 0 Å². The van der Waals surface area contributed by atoms with Crippen molar-refractivity contribution < 1.29 is 9.53 Å². The third-order valence-electron chi connectivity index (χ3n) is 3.75. The van der Waals surface area contributed by atoms with E-state index in [1.807, 2.05) is 60.7 Å². The summed E-state index contributed by atoms with van der Waals surface area (Å²) in [4.78, 5) is 12.3. The summed E-state index contributed by atoms with van der Waals surface area (Å²) >= 11 is 0. The SMILES string of the molecule is CCCC1=C(c2ccccc2)C(c2ccccc2)OC1=O. The molecule has 106 valence electrons. The molecule has 1 heterocycles. The summed E-state index contributed by atoms with van der Waals surface area (Å²) in [6.07, 6.45) is 1.40. The molecule has 1 aliphatic rings. The molecule has 2 nitrogen and oxygen atoms in total. The highest BCUT2D eigenvalue weighted by atomic mass is 16.5. The van der Waals surface area contributed by atoms with Gasteiger partial charge in [-0.2, -0.15) is 0 Å². The second kappa shape index (κ2) is 5.96. The molecule has 2 heteroatoms. The number of cyclic esters (lactones) is 1. The van der Waals surface area contributed by atoms with Crippen LogP contribution in [0.25, 0.3) is 5.57 Å². The van der Waals surface area contributed by atoms with E-state index in [4.69, 9.17) is 4.74 Å². The predicted octanol–water partition coefficient (Wildman–Crippen LogP) is 4.54. The fourth-order valence-electron chi connectivity index (χ4n) is 2.80. The molecule has 2 aromatic rings. The highest BCUT2D eigenvalue weighted by molar-refractivity contribution is 6.03. The number of carbonyl (C=O) groups excluding carboxylic acids is 1. The van der Waals surface area contributed by atoms with Crippen molar-refractivity contribution in [2.45, 2.75) is 25.9 Å². The Morgan fingerprint density at radius 1 is 0.952 bits per heavy atom. The van der Waals surface area contributed by atoms with Gasteiger partial charge >= 0.3 is 5.97 Å². The van der Waals surface area contributed by atoms with E-state index < -0.39 is 0 Å². The highest BCUT2D eigenvalue weighted by Gasteiger charge is 2.34. The Balaban J connectivity index is 2.11. The number of esters is 1. The second-order valence-electron chi connectivity index (χ2n) is 5.20. The van der Waals surface area contributed by atoms with Crippen molar-refractivity contribution in [3.63, 3.8) is 0 Å². The normalized spacial score (nSPS) is 18.0. The first-order chi connectivity index (χ1) is 10.3. The monoisotopic (exact) mass is 278 g/mol. The van der Waals surface area contributed by atoms with Crippen LogP contribution in [0.3, 0.4) is 0 Å². The fraction of sp³-hybridized carbons (Fsp3) is 0.211. The van der Waals surface area contributed by atoms with Crippen molar-refractivity contribution in [2.24, 2.45) is 0 Å². The van der Waals surface area contributed by atoms with E-state index >= 15 is 0 Å². The van der Waals surface area contributed by atoms with E-state index in [0.29, 0.717) is 0 Å². The zero-order chi connectivity index (χ0) is 14.7. The number of carbonyl (C=O) groups is 1. The number of benzene rings is 2. The Hall–Kier alpha value is -2.35. The highest BCUT2D eigenvalue weighted by Crippen LogP contribution is 2.42. The van der Waals surface area contributed by atoms with Crippen molar-refractivity contribution in [3.8, 4) is 0 Å².